The number of halogens is 3. The van der Waals surface area contributed by atoms with E-state index in [1.807, 2.05) is 34.6 Å². The number of rotatable bonds is 4. The largest absolute Gasteiger partial charge is 0.435 e. The second-order valence-corrected chi connectivity index (χ2v) is 5.98. The van der Waals surface area contributed by atoms with Crippen molar-refractivity contribution in [2.24, 2.45) is 7.05 Å². The maximum absolute atomic E-state index is 13.0. The fraction of sp³-hybridized carbons (Fsp3) is 0.375. The molecule has 5 nitrogen and oxygen atoms in total. The summed E-state index contributed by atoms with van der Waals surface area (Å²) in [5.41, 5.74) is 2.17. The van der Waals surface area contributed by atoms with Crippen LogP contribution in [0.25, 0.3) is 5.65 Å². The van der Waals surface area contributed by atoms with Crippen molar-refractivity contribution in [3.63, 3.8) is 0 Å². The van der Waals surface area contributed by atoms with Gasteiger partial charge in [0.15, 0.2) is 5.69 Å². The van der Waals surface area contributed by atoms with Gasteiger partial charge in [-0.3, -0.25) is 9.58 Å². The van der Waals surface area contributed by atoms with Crippen molar-refractivity contribution in [3.05, 3.63) is 53.2 Å². The Labute approximate surface area is 137 Å². The van der Waals surface area contributed by atoms with E-state index in [4.69, 9.17) is 0 Å². The Bertz CT molecular complexity index is 862. The van der Waals surface area contributed by atoms with Gasteiger partial charge >= 0.3 is 6.18 Å². The van der Waals surface area contributed by atoms with Crippen molar-refractivity contribution in [1.82, 2.24) is 24.1 Å². The highest BCUT2D eigenvalue weighted by molar-refractivity contribution is 5.48. The molecule has 0 spiro atoms. The summed E-state index contributed by atoms with van der Waals surface area (Å²) in [6.07, 6.45) is 0.631. The maximum atomic E-state index is 13.0. The predicted octanol–water partition coefficient (Wildman–Crippen LogP) is 3.03. The fourth-order valence-electron chi connectivity index (χ4n) is 2.83. The molecule has 0 N–H and O–H groups in total. The van der Waals surface area contributed by atoms with Crippen molar-refractivity contribution in [2.75, 3.05) is 7.05 Å². The summed E-state index contributed by atoms with van der Waals surface area (Å²) in [6.45, 7) is 2.61. The predicted molar refractivity (Wildman–Crippen MR) is 83.3 cm³/mol. The average molecular weight is 337 g/mol. The van der Waals surface area contributed by atoms with E-state index in [9.17, 15) is 13.2 Å². The normalized spacial score (nSPS) is 12.5. The highest BCUT2D eigenvalue weighted by Crippen LogP contribution is 2.31. The van der Waals surface area contributed by atoms with Gasteiger partial charge in [-0.2, -0.15) is 18.3 Å². The molecule has 3 aromatic rings. The lowest BCUT2D eigenvalue weighted by atomic mass is 10.2. The van der Waals surface area contributed by atoms with E-state index in [0.29, 0.717) is 6.54 Å². The van der Waals surface area contributed by atoms with Crippen LogP contribution in [0.2, 0.25) is 0 Å². The quantitative estimate of drug-likeness (QED) is 0.734. The molecular formula is C16H18F3N5. The lowest BCUT2D eigenvalue weighted by Crippen LogP contribution is -2.20. The number of aryl methyl sites for hydroxylation is 2. The summed E-state index contributed by atoms with van der Waals surface area (Å²) in [7, 11) is 3.27. The number of nitrogens with zero attached hydrogens (tertiary/aromatic N) is 5. The SMILES string of the molecule is Cc1cccn2c(CN(C)Cc3cn(C)nc3C(F)(F)F)cnc12. The Balaban J connectivity index is 1.81. The Morgan fingerprint density at radius 3 is 2.71 bits per heavy atom. The number of imidazole rings is 1. The molecule has 0 aliphatic heterocycles. The van der Waals surface area contributed by atoms with E-state index in [0.717, 1.165) is 16.9 Å². The van der Waals surface area contributed by atoms with Gasteiger partial charge in [0, 0.05) is 38.1 Å². The lowest BCUT2D eigenvalue weighted by molar-refractivity contribution is -0.142. The molecule has 3 heterocycles. The zero-order valence-corrected chi connectivity index (χ0v) is 13.7. The molecule has 0 aliphatic carbocycles. The third-order valence-electron chi connectivity index (χ3n) is 3.85. The Morgan fingerprint density at radius 1 is 1.25 bits per heavy atom. The van der Waals surface area contributed by atoms with Crippen molar-refractivity contribution in [2.45, 2.75) is 26.2 Å². The number of hydrogen-bond acceptors (Lipinski definition) is 3. The first-order chi connectivity index (χ1) is 11.3. The summed E-state index contributed by atoms with van der Waals surface area (Å²) in [6, 6.07) is 3.90. The minimum Gasteiger partial charge on any atom is -0.303 e. The molecule has 0 bridgehead atoms. The molecule has 24 heavy (non-hydrogen) atoms. The second kappa shape index (κ2) is 5.94. The number of fused-ring (bicyclic) bond motifs is 1. The van der Waals surface area contributed by atoms with Gasteiger partial charge in [-0.05, 0) is 25.6 Å². The number of alkyl halides is 3. The molecule has 0 saturated carbocycles. The van der Waals surface area contributed by atoms with Crippen LogP contribution in [-0.2, 0) is 26.3 Å². The van der Waals surface area contributed by atoms with Crippen LogP contribution in [0.1, 0.15) is 22.5 Å². The second-order valence-electron chi connectivity index (χ2n) is 5.98. The molecule has 128 valence electrons. The third kappa shape index (κ3) is 3.14. The topological polar surface area (TPSA) is 38.4 Å². The van der Waals surface area contributed by atoms with Crippen LogP contribution in [0, 0.1) is 6.92 Å². The molecule has 8 heteroatoms. The van der Waals surface area contributed by atoms with Crippen LogP contribution in [0.4, 0.5) is 13.2 Å². The van der Waals surface area contributed by atoms with Gasteiger partial charge in [0.1, 0.15) is 5.65 Å². The molecule has 3 aromatic heterocycles. The Morgan fingerprint density at radius 2 is 2.00 bits per heavy atom. The van der Waals surface area contributed by atoms with Gasteiger partial charge < -0.3 is 4.40 Å². The smallest absolute Gasteiger partial charge is 0.303 e. The summed E-state index contributed by atoms with van der Waals surface area (Å²) >= 11 is 0. The molecule has 0 radical (unpaired) electrons. The van der Waals surface area contributed by atoms with Gasteiger partial charge in [-0.25, -0.2) is 4.98 Å². The van der Waals surface area contributed by atoms with Crippen LogP contribution in [0.5, 0.6) is 0 Å². The first kappa shape index (κ1) is 16.5. The van der Waals surface area contributed by atoms with Crippen LogP contribution in [-0.4, -0.2) is 31.1 Å². The van der Waals surface area contributed by atoms with E-state index < -0.39 is 11.9 Å². The number of aromatic nitrogens is 4. The molecule has 0 fully saturated rings. The molecular weight excluding hydrogens is 319 g/mol. The zero-order valence-electron chi connectivity index (χ0n) is 13.7. The first-order valence-electron chi connectivity index (χ1n) is 7.45. The van der Waals surface area contributed by atoms with Gasteiger partial charge in [0.2, 0.25) is 0 Å². The van der Waals surface area contributed by atoms with Gasteiger partial charge in [0.25, 0.3) is 0 Å². The van der Waals surface area contributed by atoms with Crippen LogP contribution in [0.3, 0.4) is 0 Å². The van der Waals surface area contributed by atoms with Crippen LogP contribution in [0.15, 0.2) is 30.7 Å². The van der Waals surface area contributed by atoms with E-state index in [-0.39, 0.29) is 12.1 Å². The minimum atomic E-state index is -4.45. The third-order valence-corrected chi connectivity index (χ3v) is 3.85. The Hall–Kier alpha value is -2.35. The molecule has 0 unspecified atom stereocenters. The lowest BCUT2D eigenvalue weighted by Gasteiger charge is -2.16. The molecule has 3 rings (SSSR count). The zero-order chi connectivity index (χ0) is 17.5. The highest BCUT2D eigenvalue weighted by Gasteiger charge is 2.37. The summed E-state index contributed by atoms with van der Waals surface area (Å²) in [5.74, 6) is 0. The van der Waals surface area contributed by atoms with Gasteiger partial charge in [-0.1, -0.05) is 6.07 Å². The van der Waals surface area contributed by atoms with E-state index >= 15 is 0 Å². The summed E-state index contributed by atoms with van der Waals surface area (Å²) < 4.78 is 42.3. The van der Waals surface area contributed by atoms with Gasteiger partial charge in [-0.15, -0.1) is 0 Å². The molecule has 0 saturated heterocycles. The van der Waals surface area contributed by atoms with Crippen molar-refractivity contribution < 1.29 is 13.2 Å². The van der Waals surface area contributed by atoms with E-state index in [2.05, 4.69) is 10.1 Å². The standard InChI is InChI=1S/C16H18F3N5/c1-11-5-4-6-24-13(7-20-15(11)24)10-22(2)8-12-9-23(3)21-14(12)16(17,18)19/h4-7,9H,8,10H2,1-3H3. The number of pyridine rings is 1. The molecule has 0 aromatic carbocycles. The van der Waals surface area contributed by atoms with Crippen molar-refractivity contribution in [3.8, 4) is 0 Å². The highest BCUT2D eigenvalue weighted by atomic mass is 19.4. The van der Waals surface area contributed by atoms with Crippen LogP contribution < -0.4 is 0 Å². The molecule has 0 amide bonds. The summed E-state index contributed by atoms with van der Waals surface area (Å²) in [4.78, 5) is 6.20. The van der Waals surface area contributed by atoms with Crippen LogP contribution >= 0.6 is 0 Å². The van der Waals surface area contributed by atoms with Crippen molar-refractivity contribution in [1.29, 1.82) is 0 Å². The van der Waals surface area contributed by atoms with E-state index in [1.54, 1.807) is 13.2 Å². The van der Waals surface area contributed by atoms with Crippen molar-refractivity contribution >= 4 is 5.65 Å². The average Bonchev–Trinajstić information content (AvgIpc) is 3.04. The van der Waals surface area contributed by atoms with Gasteiger partial charge in [0.05, 0.1) is 11.9 Å². The molecule has 0 atom stereocenters. The van der Waals surface area contributed by atoms with E-state index in [1.165, 1.54) is 17.9 Å². The molecule has 0 aliphatic rings. The minimum absolute atomic E-state index is 0.154. The maximum Gasteiger partial charge on any atom is 0.435 e. The summed E-state index contributed by atoms with van der Waals surface area (Å²) in [5, 5.41) is 3.54. The number of hydrogen-bond donors (Lipinski definition) is 0. The first-order valence-corrected chi connectivity index (χ1v) is 7.45. The monoisotopic (exact) mass is 337 g/mol. The Kier molecular flexibility index (Phi) is 4.08. The fourth-order valence-corrected chi connectivity index (χ4v) is 2.83.